The summed E-state index contributed by atoms with van der Waals surface area (Å²) in [6, 6.07) is 1.75. The van der Waals surface area contributed by atoms with E-state index < -0.39 is 0 Å². The fraction of sp³-hybridized carbons (Fsp3) is 0.364. The van der Waals surface area contributed by atoms with Gasteiger partial charge in [-0.2, -0.15) is 0 Å². The Bertz CT molecular complexity index is 410. The molecule has 0 spiro atoms. The molecule has 0 bridgehead atoms. The molecular formula is C11H12ClNO2. The summed E-state index contributed by atoms with van der Waals surface area (Å²) in [5.74, 6) is 1.12. The van der Waals surface area contributed by atoms with Crippen LogP contribution in [0.3, 0.4) is 0 Å². The van der Waals surface area contributed by atoms with E-state index in [9.17, 15) is 0 Å². The monoisotopic (exact) mass is 225 g/mol. The summed E-state index contributed by atoms with van der Waals surface area (Å²) in [5, 5.41) is 0.471. The van der Waals surface area contributed by atoms with E-state index in [1.165, 1.54) is 7.11 Å². The fourth-order valence-electron chi connectivity index (χ4n) is 1.44. The predicted octanol–water partition coefficient (Wildman–Crippen LogP) is 3.08. The summed E-state index contributed by atoms with van der Waals surface area (Å²) in [4.78, 5) is 3.33. The Morgan fingerprint density at radius 1 is 1.33 bits per heavy atom. The lowest BCUT2D eigenvalue weighted by atomic mass is 10.1. The van der Waals surface area contributed by atoms with Crippen molar-refractivity contribution in [2.24, 2.45) is 0 Å². The first-order chi connectivity index (χ1) is 7.15. The van der Waals surface area contributed by atoms with Crippen molar-refractivity contribution in [2.45, 2.75) is 13.5 Å². The van der Waals surface area contributed by atoms with Crippen molar-refractivity contribution in [3.63, 3.8) is 0 Å². The van der Waals surface area contributed by atoms with Gasteiger partial charge in [-0.05, 0) is 13.0 Å². The Morgan fingerprint density at radius 2 is 1.93 bits per heavy atom. The second-order valence-electron chi connectivity index (χ2n) is 3.03. The quantitative estimate of drug-likeness (QED) is 0.738. The maximum absolute atomic E-state index is 6.84. The summed E-state index contributed by atoms with van der Waals surface area (Å²) >= 11 is 6.01. The highest BCUT2D eigenvalue weighted by atomic mass is 35.5. The third-order valence-corrected chi connectivity index (χ3v) is 2.48. The number of benzene rings is 1. The molecule has 0 aromatic heterocycles. The molecule has 4 heteroatoms. The lowest BCUT2D eigenvalue weighted by molar-refractivity contribution is 0.352. The second-order valence-corrected chi connectivity index (χ2v) is 3.43. The molecule has 0 unspecified atom stereocenters. The van der Waals surface area contributed by atoms with Gasteiger partial charge in [-0.15, -0.1) is 0 Å². The lowest BCUT2D eigenvalue weighted by Gasteiger charge is -2.13. The van der Waals surface area contributed by atoms with Crippen LogP contribution in [0, 0.1) is 13.5 Å². The van der Waals surface area contributed by atoms with Gasteiger partial charge in [-0.3, -0.25) is 0 Å². The molecule has 0 atom stereocenters. The van der Waals surface area contributed by atoms with Crippen LogP contribution >= 0.6 is 11.6 Å². The van der Waals surface area contributed by atoms with Crippen LogP contribution in [-0.2, 0) is 6.54 Å². The van der Waals surface area contributed by atoms with Crippen LogP contribution in [0.25, 0.3) is 4.85 Å². The molecule has 1 rings (SSSR count). The smallest absolute Gasteiger partial charge is 0.240 e. The molecule has 0 saturated carbocycles. The second kappa shape index (κ2) is 4.90. The molecule has 0 heterocycles. The SMILES string of the molecule is [C-]#[N+]Cc1cc(Cl)c(OC)c(OC)c1C. The highest BCUT2D eigenvalue weighted by Crippen LogP contribution is 2.39. The van der Waals surface area contributed by atoms with E-state index in [1.54, 1.807) is 13.2 Å². The Hall–Kier alpha value is -1.40. The van der Waals surface area contributed by atoms with E-state index in [0.717, 1.165) is 11.1 Å². The van der Waals surface area contributed by atoms with Crippen molar-refractivity contribution >= 4 is 11.6 Å². The van der Waals surface area contributed by atoms with E-state index in [0.29, 0.717) is 23.1 Å². The molecule has 1 aromatic carbocycles. The third kappa shape index (κ3) is 2.16. The molecule has 0 aliphatic heterocycles. The molecule has 0 amide bonds. The molecule has 0 N–H and O–H groups in total. The van der Waals surface area contributed by atoms with Crippen LogP contribution in [0.2, 0.25) is 5.02 Å². The van der Waals surface area contributed by atoms with Gasteiger partial charge in [0.25, 0.3) is 0 Å². The van der Waals surface area contributed by atoms with Crippen LogP contribution in [-0.4, -0.2) is 14.2 Å². The van der Waals surface area contributed by atoms with Crippen molar-refractivity contribution in [1.82, 2.24) is 0 Å². The van der Waals surface area contributed by atoms with Crippen LogP contribution in [0.1, 0.15) is 11.1 Å². The highest BCUT2D eigenvalue weighted by Gasteiger charge is 2.16. The maximum atomic E-state index is 6.84. The molecule has 80 valence electrons. The number of ether oxygens (including phenoxy) is 2. The predicted molar refractivity (Wildman–Crippen MR) is 59.6 cm³/mol. The molecule has 3 nitrogen and oxygen atoms in total. The fourth-order valence-corrected chi connectivity index (χ4v) is 1.73. The van der Waals surface area contributed by atoms with Gasteiger partial charge in [0.2, 0.25) is 6.54 Å². The Kier molecular flexibility index (Phi) is 3.81. The Balaban J connectivity index is 3.38. The number of hydrogen-bond acceptors (Lipinski definition) is 2. The normalized spacial score (nSPS) is 9.53. The molecule has 0 saturated heterocycles. The number of halogens is 1. The van der Waals surface area contributed by atoms with Gasteiger partial charge in [0.15, 0.2) is 11.5 Å². The number of hydrogen-bond donors (Lipinski definition) is 0. The number of rotatable bonds is 3. The van der Waals surface area contributed by atoms with Crippen molar-refractivity contribution in [3.05, 3.63) is 33.6 Å². The molecule has 0 fully saturated rings. The van der Waals surface area contributed by atoms with Gasteiger partial charge in [0.05, 0.1) is 19.2 Å². The van der Waals surface area contributed by atoms with Gasteiger partial charge in [0, 0.05) is 11.1 Å². The van der Waals surface area contributed by atoms with E-state index in [-0.39, 0.29) is 0 Å². The van der Waals surface area contributed by atoms with Gasteiger partial charge < -0.3 is 14.3 Å². The average molecular weight is 226 g/mol. The van der Waals surface area contributed by atoms with Gasteiger partial charge in [-0.1, -0.05) is 11.6 Å². The summed E-state index contributed by atoms with van der Waals surface area (Å²) in [5.41, 5.74) is 1.77. The van der Waals surface area contributed by atoms with E-state index in [2.05, 4.69) is 4.85 Å². The van der Waals surface area contributed by atoms with E-state index in [1.807, 2.05) is 6.92 Å². The zero-order valence-corrected chi connectivity index (χ0v) is 9.68. The van der Waals surface area contributed by atoms with Gasteiger partial charge in [0.1, 0.15) is 0 Å². The van der Waals surface area contributed by atoms with E-state index in [4.69, 9.17) is 27.6 Å². The standard InChI is InChI=1S/C11H12ClNO2/c1-7-8(6-13-2)5-9(12)11(15-4)10(7)14-3/h5H,6H2,1,3-4H3. The largest absolute Gasteiger partial charge is 0.493 e. The molecule has 0 radical (unpaired) electrons. The summed E-state index contributed by atoms with van der Waals surface area (Å²) in [6.45, 7) is 9.03. The average Bonchev–Trinajstić information content (AvgIpc) is 2.22. The Labute approximate surface area is 94.4 Å². The van der Waals surface area contributed by atoms with E-state index >= 15 is 0 Å². The minimum Gasteiger partial charge on any atom is -0.493 e. The number of nitrogens with zero attached hydrogens (tertiary/aromatic N) is 1. The Morgan fingerprint density at radius 3 is 2.40 bits per heavy atom. The zero-order valence-electron chi connectivity index (χ0n) is 8.93. The van der Waals surface area contributed by atoms with Crippen LogP contribution < -0.4 is 9.47 Å². The van der Waals surface area contributed by atoms with Crippen molar-refractivity contribution in [1.29, 1.82) is 0 Å². The van der Waals surface area contributed by atoms with Crippen molar-refractivity contribution < 1.29 is 9.47 Å². The summed E-state index contributed by atoms with van der Waals surface area (Å²) in [7, 11) is 3.10. The van der Waals surface area contributed by atoms with Crippen LogP contribution in [0.15, 0.2) is 6.07 Å². The van der Waals surface area contributed by atoms with Gasteiger partial charge >= 0.3 is 0 Å². The maximum Gasteiger partial charge on any atom is 0.240 e. The first kappa shape index (κ1) is 11.7. The number of methoxy groups -OCH3 is 2. The summed E-state index contributed by atoms with van der Waals surface area (Å²) < 4.78 is 10.4. The minimum absolute atomic E-state index is 0.298. The zero-order chi connectivity index (χ0) is 11.4. The van der Waals surface area contributed by atoms with Gasteiger partial charge in [-0.25, -0.2) is 6.57 Å². The topological polar surface area (TPSA) is 22.8 Å². The lowest BCUT2D eigenvalue weighted by Crippen LogP contribution is -1.97. The first-order valence-electron chi connectivity index (χ1n) is 4.38. The molecule has 15 heavy (non-hydrogen) atoms. The summed E-state index contributed by atoms with van der Waals surface area (Å²) in [6.07, 6.45) is 0. The minimum atomic E-state index is 0.298. The molecule has 1 aromatic rings. The van der Waals surface area contributed by atoms with Crippen LogP contribution in [0.5, 0.6) is 11.5 Å². The molecule has 0 aliphatic carbocycles. The molecular weight excluding hydrogens is 214 g/mol. The van der Waals surface area contributed by atoms with Crippen molar-refractivity contribution in [2.75, 3.05) is 14.2 Å². The van der Waals surface area contributed by atoms with Crippen LogP contribution in [0.4, 0.5) is 0 Å². The highest BCUT2D eigenvalue weighted by molar-refractivity contribution is 6.32. The first-order valence-corrected chi connectivity index (χ1v) is 4.76. The third-order valence-electron chi connectivity index (χ3n) is 2.20. The molecule has 0 aliphatic rings. The van der Waals surface area contributed by atoms with Crippen molar-refractivity contribution in [3.8, 4) is 11.5 Å².